The molecule has 0 bridgehead atoms. The van der Waals surface area contributed by atoms with E-state index in [1.165, 1.54) is 13.8 Å². The molecule has 2 rings (SSSR count). The van der Waals surface area contributed by atoms with Crippen molar-refractivity contribution in [2.24, 2.45) is 5.92 Å². The van der Waals surface area contributed by atoms with Gasteiger partial charge in [-0.1, -0.05) is 33.1 Å². The Labute approximate surface area is 160 Å². The van der Waals surface area contributed by atoms with E-state index < -0.39 is 55.9 Å². The zero-order chi connectivity index (χ0) is 20.6. The molecule has 0 aromatic rings. The first-order valence-electron chi connectivity index (χ1n) is 9.50. The summed E-state index contributed by atoms with van der Waals surface area (Å²) in [5.74, 6) is -3.39. The van der Waals surface area contributed by atoms with Crippen LogP contribution < -0.4 is 0 Å². The van der Waals surface area contributed by atoms with Gasteiger partial charge in [-0.15, -0.1) is 0 Å². The minimum Gasteiger partial charge on any atom is -0.480 e. The van der Waals surface area contributed by atoms with E-state index in [9.17, 15) is 27.9 Å². The maximum Gasteiger partial charge on any atom is 0.328 e. The molecule has 2 aliphatic heterocycles. The van der Waals surface area contributed by atoms with Crippen LogP contribution >= 0.6 is 0 Å². The highest BCUT2D eigenvalue weighted by atomic mass is 32.2. The van der Waals surface area contributed by atoms with Crippen molar-refractivity contribution in [1.29, 1.82) is 0 Å². The first-order chi connectivity index (χ1) is 12.5. The van der Waals surface area contributed by atoms with Crippen LogP contribution in [0.25, 0.3) is 0 Å². The Morgan fingerprint density at radius 2 is 1.81 bits per heavy atom. The Morgan fingerprint density at radius 1 is 1.22 bits per heavy atom. The van der Waals surface area contributed by atoms with Crippen molar-refractivity contribution in [2.45, 2.75) is 88.5 Å². The van der Waals surface area contributed by atoms with Gasteiger partial charge in [-0.05, 0) is 26.7 Å². The average molecular weight is 403 g/mol. The van der Waals surface area contributed by atoms with E-state index in [1.54, 1.807) is 0 Å². The van der Waals surface area contributed by atoms with Crippen LogP contribution in [0.3, 0.4) is 0 Å². The number of amides is 1. The highest BCUT2D eigenvalue weighted by Gasteiger charge is 2.73. The summed E-state index contributed by atoms with van der Waals surface area (Å²) in [7, 11) is -3.93. The van der Waals surface area contributed by atoms with Crippen molar-refractivity contribution in [3.8, 4) is 0 Å². The minimum atomic E-state index is -3.93. The first kappa shape index (κ1) is 21.7. The van der Waals surface area contributed by atoms with Crippen LogP contribution in [0.15, 0.2) is 0 Å². The van der Waals surface area contributed by atoms with Gasteiger partial charge in [-0.25, -0.2) is 13.2 Å². The SMILES string of the molecule is CCCCC(=O)O[C@H](CCCC)[C@@H]1C(=O)N2[C@@H](C(=O)O)C(C)(C)S(=O)(=O)[C@H]12. The molecule has 0 saturated carbocycles. The van der Waals surface area contributed by atoms with Gasteiger partial charge in [0.15, 0.2) is 15.2 Å². The number of esters is 1. The molecule has 0 radical (unpaired) electrons. The molecule has 2 fully saturated rings. The van der Waals surface area contributed by atoms with Crippen LogP contribution in [-0.4, -0.2) is 58.5 Å². The van der Waals surface area contributed by atoms with E-state index >= 15 is 0 Å². The lowest BCUT2D eigenvalue weighted by Gasteiger charge is -2.45. The lowest BCUT2D eigenvalue weighted by molar-refractivity contribution is -0.176. The summed E-state index contributed by atoms with van der Waals surface area (Å²) in [6.07, 6.45) is 2.69. The van der Waals surface area contributed by atoms with E-state index in [-0.39, 0.29) is 6.42 Å². The molecule has 0 aliphatic carbocycles. The van der Waals surface area contributed by atoms with Crippen LogP contribution in [0.2, 0.25) is 0 Å². The van der Waals surface area contributed by atoms with E-state index in [1.807, 2.05) is 13.8 Å². The Kier molecular flexibility index (Phi) is 6.23. The molecule has 1 amide bonds. The molecule has 8 nitrogen and oxygen atoms in total. The van der Waals surface area contributed by atoms with Gasteiger partial charge in [0, 0.05) is 6.42 Å². The van der Waals surface area contributed by atoms with Crippen molar-refractivity contribution in [2.75, 3.05) is 0 Å². The molecule has 0 aromatic heterocycles. The zero-order valence-corrected chi connectivity index (χ0v) is 17.1. The molecule has 9 heteroatoms. The van der Waals surface area contributed by atoms with E-state index in [2.05, 4.69) is 0 Å². The van der Waals surface area contributed by atoms with Crippen LogP contribution in [0.5, 0.6) is 0 Å². The third-order valence-corrected chi connectivity index (χ3v) is 8.45. The highest BCUT2D eigenvalue weighted by Crippen LogP contribution is 2.50. The summed E-state index contributed by atoms with van der Waals surface area (Å²) in [6.45, 7) is 6.55. The largest absolute Gasteiger partial charge is 0.480 e. The fraction of sp³-hybridized carbons (Fsp3) is 0.833. The minimum absolute atomic E-state index is 0.213. The van der Waals surface area contributed by atoms with Gasteiger partial charge in [-0.2, -0.15) is 0 Å². The van der Waals surface area contributed by atoms with Gasteiger partial charge >= 0.3 is 11.9 Å². The normalized spacial score (nSPS) is 29.0. The number of ether oxygens (including phenoxy) is 1. The summed E-state index contributed by atoms with van der Waals surface area (Å²) < 4.78 is 29.9. The molecule has 2 saturated heterocycles. The number of hydrogen-bond donors (Lipinski definition) is 1. The predicted molar refractivity (Wildman–Crippen MR) is 97.5 cm³/mol. The fourth-order valence-corrected chi connectivity index (χ4v) is 6.30. The topological polar surface area (TPSA) is 118 Å². The maximum absolute atomic E-state index is 13.0. The number of carboxylic acids is 1. The molecular formula is C18H29NO7S. The van der Waals surface area contributed by atoms with E-state index in [0.717, 1.165) is 17.7 Å². The number of hydrogen-bond acceptors (Lipinski definition) is 6. The molecule has 0 spiro atoms. The molecular weight excluding hydrogens is 374 g/mol. The number of nitrogens with zero attached hydrogens (tertiary/aromatic N) is 1. The Hall–Kier alpha value is -1.64. The number of sulfone groups is 1. The number of rotatable bonds is 9. The van der Waals surface area contributed by atoms with Gasteiger partial charge in [-0.3, -0.25) is 9.59 Å². The van der Waals surface area contributed by atoms with E-state index in [4.69, 9.17) is 4.74 Å². The molecule has 1 N–H and O–H groups in total. The van der Waals surface area contributed by atoms with Crippen LogP contribution in [0.4, 0.5) is 0 Å². The zero-order valence-electron chi connectivity index (χ0n) is 16.3. The summed E-state index contributed by atoms with van der Waals surface area (Å²) in [5.41, 5.74) is 0. The van der Waals surface area contributed by atoms with Crippen molar-refractivity contribution in [3.63, 3.8) is 0 Å². The third kappa shape index (κ3) is 3.46. The predicted octanol–water partition coefficient (Wildman–Crippen LogP) is 1.72. The summed E-state index contributed by atoms with van der Waals surface area (Å²) in [4.78, 5) is 37.4. The Morgan fingerprint density at radius 3 is 2.33 bits per heavy atom. The number of aliphatic carboxylic acids is 1. The van der Waals surface area contributed by atoms with Crippen LogP contribution in [0.1, 0.15) is 66.2 Å². The maximum atomic E-state index is 13.0. The fourth-order valence-electron chi connectivity index (χ4n) is 3.95. The van der Waals surface area contributed by atoms with E-state index in [0.29, 0.717) is 19.3 Å². The Bertz CT molecular complexity index is 715. The second kappa shape index (κ2) is 7.77. The van der Waals surface area contributed by atoms with Gasteiger partial charge in [0.05, 0.1) is 4.75 Å². The Balaban J connectivity index is 2.32. The molecule has 2 aliphatic rings. The average Bonchev–Trinajstić information content (AvgIpc) is 2.72. The molecule has 0 aromatic carbocycles. The molecule has 0 unspecified atom stereocenters. The number of carbonyl (C=O) groups excluding carboxylic acids is 2. The smallest absolute Gasteiger partial charge is 0.328 e. The van der Waals surface area contributed by atoms with Gasteiger partial charge in [0.25, 0.3) is 0 Å². The van der Waals surface area contributed by atoms with Crippen LogP contribution in [0, 0.1) is 5.92 Å². The molecule has 154 valence electrons. The van der Waals surface area contributed by atoms with Crippen molar-refractivity contribution in [3.05, 3.63) is 0 Å². The first-order valence-corrected chi connectivity index (χ1v) is 11.0. The monoisotopic (exact) mass is 403 g/mol. The second-order valence-electron chi connectivity index (χ2n) is 7.83. The lowest BCUT2D eigenvalue weighted by atomic mass is 9.86. The quantitative estimate of drug-likeness (QED) is 0.460. The molecule has 2 heterocycles. The number of fused-ring (bicyclic) bond motifs is 1. The highest BCUT2D eigenvalue weighted by molar-refractivity contribution is 7.93. The van der Waals surface area contributed by atoms with Crippen LogP contribution in [-0.2, 0) is 29.0 Å². The summed E-state index contributed by atoms with van der Waals surface area (Å²) in [6, 6.07) is -1.43. The van der Waals surface area contributed by atoms with Gasteiger partial charge in [0.2, 0.25) is 5.91 Å². The lowest BCUT2D eigenvalue weighted by Crippen LogP contribution is -2.67. The molecule has 27 heavy (non-hydrogen) atoms. The van der Waals surface area contributed by atoms with Crippen molar-refractivity contribution < 1.29 is 32.6 Å². The summed E-state index contributed by atoms with van der Waals surface area (Å²) >= 11 is 0. The van der Waals surface area contributed by atoms with Gasteiger partial charge in [0.1, 0.15) is 18.1 Å². The molecule has 4 atom stereocenters. The number of unbranched alkanes of at least 4 members (excludes halogenated alkanes) is 2. The standard InChI is InChI=1S/C18H29NO7S/c1-5-7-9-11(26-12(20)10-8-6-2)13-15(21)19-14(17(22)23)18(3,4)27(24,25)16(13)19/h11,13-14,16H,5-10H2,1-4H3,(H,22,23)/t11-,13-,14+,16-/m1/s1. The number of β-lactam (4-membered cyclic amide) rings is 1. The van der Waals surface area contributed by atoms with Crippen molar-refractivity contribution in [1.82, 2.24) is 4.90 Å². The van der Waals surface area contributed by atoms with Crippen molar-refractivity contribution >= 4 is 27.7 Å². The number of carbonyl (C=O) groups is 3. The number of carboxylic acid groups (broad SMARTS) is 1. The second-order valence-corrected chi connectivity index (χ2v) is 10.5. The van der Waals surface area contributed by atoms with Gasteiger partial charge < -0.3 is 14.7 Å². The summed E-state index contributed by atoms with van der Waals surface area (Å²) in [5, 5.41) is 8.24. The third-order valence-electron chi connectivity index (χ3n) is 5.60.